The van der Waals surface area contributed by atoms with Crippen LogP contribution in [0.15, 0.2) is 36.4 Å². The Morgan fingerprint density at radius 3 is 2.60 bits per heavy atom. The zero-order valence-electron chi connectivity index (χ0n) is 17.6. The van der Waals surface area contributed by atoms with Gasteiger partial charge in [-0.2, -0.15) is 0 Å². The number of halogens is 2. The molecule has 1 amide bonds. The van der Waals surface area contributed by atoms with Crippen LogP contribution in [0.1, 0.15) is 36.9 Å². The van der Waals surface area contributed by atoms with Crippen molar-refractivity contribution in [3.8, 4) is 11.5 Å². The highest BCUT2D eigenvalue weighted by atomic mass is 35.5. The highest BCUT2D eigenvalue weighted by Gasteiger charge is 2.27. The summed E-state index contributed by atoms with van der Waals surface area (Å²) in [7, 11) is 3.22. The Morgan fingerprint density at radius 2 is 1.97 bits per heavy atom. The van der Waals surface area contributed by atoms with E-state index in [0.717, 1.165) is 31.5 Å². The van der Waals surface area contributed by atoms with Crippen molar-refractivity contribution >= 4 is 17.5 Å². The van der Waals surface area contributed by atoms with Crippen LogP contribution < -0.4 is 14.8 Å². The van der Waals surface area contributed by atoms with Gasteiger partial charge in [-0.1, -0.05) is 17.7 Å². The van der Waals surface area contributed by atoms with Gasteiger partial charge in [0.1, 0.15) is 17.3 Å². The molecule has 1 atom stereocenters. The number of ether oxygens (including phenoxy) is 2. The summed E-state index contributed by atoms with van der Waals surface area (Å²) in [5, 5.41) is 3.54. The summed E-state index contributed by atoms with van der Waals surface area (Å²) in [5.41, 5.74) is 1.39. The Bertz CT molecular complexity index is 864. The summed E-state index contributed by atoms with van der Waals surface area (Å²) in [6.45, 7) is 3.83. The monoisotopic (exact) mass is 434 g/mol. The number of nitrogens with one attached hydrogen (secondary N) is 1. The Kier molecular flexibility index (Phi) is 7.56. The lowest BCUT2D eigenvalue weighted by atomic mass is 9.94. The fourth-order valence-electron chi connectivity index (χ4n) is 3.85. The summed E-state index contributed by atoms with van der Waals surface area (Å²) in [6.07, 6.45) is 1.44. The van der Waals surface area contributed by atoms with Crippen molar-refractivity contribution in [3.05, 3.63) is 58.4 Å². The number of piperidine rings is 1. The molecule has 7 heteroatoms. The Balaban J connectivity index is 1.57. The van der Waals surface area contributed by atoms with Crippen LogP contribution in [0.2, 0.25) is 5.02 Å². The molecule has 0 aliphatic carbocycles. The van der Waals surface area contributed by atoms with E-state index in [4.69, 9.17) is 21.1 Å². The topological polar surface area (TPSA) is 50.8 Å². The predicted molar refractivity (Wildman–Crippen MR) is 116 cm³/mol. The van der Waals surface area contributed by atoms with Gasteiger partial charge in [0.05, 0.1) is 20.3 Å². The Morgan fingerprint density at radius 1 is 1.23 bits per heavy atom. The number of hydrogen-bond acceptors (Lipinski definition) is 4. The summed E-state index contributed by atoms with van der Waals surface area (Å²) in [6, 6.07) is 10.1. The van der Waals surface area contributed by atoms with Gasteiger partial charge in [-0.15, -0.1) is 0 Å². The second-order valence-electron chi connectivity index (χ2n) is 7.59. The fraction of sp³-hybridized carbons (Fsp3) is 0.435. The molecule has 0 aromatic heterocycles. The van der Waals surface area contributed by atoms with E-state index in [0.29, 0.717) is 28.6 Å². The van der Waals surface area contributed by atoms with E-state index < -0.39 is 0 Å². The maximum Gasteiger partial charge on any atom is 0.223 e. The number of carbonyl (C=O) groups is 1. The molecule has 1 saturated heterocycles. The molecule has 1 aliphatic rings. The van der Waals surface area contributed by atoms with E-state index in [2.05, 4.69) is 10.2 Å². The Hall–Kier alpha value is -2.31. The van der Waals surface area contributed by atoms with Gasteiger partial charge in [0, 0.05) is 28.6 Å². The van der Waals surface area contributed by atoms with Crippen molar-refractivity contribution in [1.82, 2.24) is 10.2 Å². The van der Waals surface area contributed by atoms with Crippen molar-refractivity contribution in [1.29, 1.82) is 0 Å². The molecule has 1 fully saturated rings. The molecular weight excluding hydrogens is 407 g/mol. The van der Waals surface area contributed by atoms with Gasteiger partial charge < -0.3 is 14.8 Å². The molecule has 162 valence electrons. The lowest BCUT2D eigenvalue weighted by Gasteiger charge is -2.32. The fourth-order valence-corrected chi connectivity index (χ4v) is 4.07. The molecule has 0 bridgehead atoms. The normalized spacial score (nSPS) is 16.2. The molecule has 2 aromatic carbocycles. The van der Waals surface area contributed by atoms with E-state index in [-0.39, 0.29) is 23.7 Å². The van der Waals surface area contributed by atoms with Gasteiger partial charge in [0.2, 0.25) is 5.91 Å². The number of methoxy groups -OCH3 is 2. The third-order valence-electron chi connectivity index (χ3n) is 5.66. The van der Waals surface area contributed by atoms with Crippen molar-refractivity contribution in [2.24, 2.45) is 5.92 Å². The quantitative estimate of drug-likeness (QED) is 0.692. The minimum Gasteiger partial charge on any atom is -0.497 e. The summed E-state index contributed by atoms with van der Waals surface area (Å²) in [5.74, 6) is 1.09. The van der Waals surface area contributed by atoms with Crippen LogP contribution in [-0.4, -0.2) is 38.1 Å². The van der Waals surface area contributed by atoms with Gasteiger partial charge in [-0.05, 0) is 63.2 Å². The van der Waals surface area contributed by atoms with Gasteiger partial charge in [0.15, 0.2) is 0 Å². The molecule has 30 heavy (non-hydrogen) atoms. The molecule has 1 N–H and O–H groups in total. The molecule has 1 heterocycles. The average molecular weight is 435 g/mol. The van der Waals surface area contributed by atoms with Crippen LogP contribution in [-0.2, 0) is 11.3 Å². The van der Waals surface area contributed by atoms with Crippen LogP contribution >= 0.6 is 11.6 Å². The van der Waals surface area contributed by atoms with E-state index in [1.165, 1.54) is 6.07 Å². The number of benzene rings is 2. The van der Waals surface area contributed by atoms with Crippen LogP contribution in [0, 0.1) is 11.7 Å². The minimum absolute atomic E-state index is 0.0240. The molecule has 0 spiro atoms. The van der Waals surface area contributed by atoms with Crippen molar-refractivity contribution < 1.29 is 18.7 Å². The third-order valence-corrected chi connectivity index (χ3v) is 6.02. The van der Waals surface area contributed by atoms with E-state index in [1.807, 2.05) is 25.1 Å². The second kappa shape index (κ2) is 10.1. The highest BCUT2D eigenvalue weighted by molar-refractivity contribution is 6.31. The molecule has 5 nitrogen and oxygen atoms in total. The van der Waals surface area contributed by atoms with Gasteiger partial charge in [0.25, 0.3) is 0 Å². The SMILES string of the molecule is COc1ccc(OC)c([C@H](C)NC(=O)C2CCN(Cc3c(F)cccc3Cl)CC2)c1. The summed E-state index contributed by atoms with van der Waals surface area (Å²) < 4.78 is 24.8. The highest BCUT2D eigenvalue weighted by Crippen LogP contribution is 2.30. The number of likely N-dealkylation sites (tertiary alicyclic amines) is 1. The van der Waals surface area contributed by atoms with Crippen molar-refractivity contribution in [3.63, 3.8) is 0 Å². The zero-order valence-corrected chi connectivity index (χ0v) is 18.3. The molecule has 3 rings (SSSR count). The number of amides is 1. The second-order valence-corrected chi connectivity index (χ2v) is 8.00. The lowest BCUT2D eigenvalue weighted by molar-refractivity contribution is -0.127. The maximum atomic E-state index is 14.0. The maximum absolute atomic E-state index is 14.0. The largest absolute Gasteiger partial charge is 0.497 e. The first-order valence-electron chi connectivity index (χ1n) is 10.1. The first-order valence-corrected chi connectivity index (χ1v) is 10.5. The summed E-state index contributed by atoms with van der Waals surface area (Å²) in [4.78, 5) is 15.0. The van der Waals surface area contributed by atoms with Crippen molar-refractivity contribution in [2.45, 2.75) is 32.4 Å². The first-order chi connectivity index (χ1) is 14.4. The summed E-state index contributed by atoms with van der Waals surface area (Å²) >= 11 is 6.14. The molecule has 0 unspecified atom stereocenters. The molecule has 2 aromatic rings. The molecule has 0 saturated carbocycles. The minimum atomic E-state index is -0.288. The molecule has 1 aliphatic heterocycles. The number of hydrogen-bond donors (Lipinski definition) is 1. The van der Waals surface area contributed by atoms with Crippen LogP contribution in [0.5, 0.6) is 11.5 Å². The van der Waals surface area contributed by atoms with E-state index in [1.54, 1.807) is 26.4 Å². The van der Waals surface area contributed by atoms with Crippen LogP contribution in [0.4, 0.5) is 4.39 Å². The molecule has 0 radical (unpaired) electrons. The van der Waals surface area contributed by atoms with Gasteiger partial charge >= 0.3 is 0 Å². The van der Waals surface area contributed by atoms with Crippen molar-refractivity contribution in [2.75, 3.05) is 27.3 Å². The predicted octanol–water partition coefficient (Wildman–Crippen LogP) is 4.59. The molecular formula is C23H28ClFN2O3. The van der Waals surface area contributed by atoms with Gasteiger partial charge in [-0.3, -0.25) is 9.69 Å². The smallest absolute Gasteiger partial charge is 0.223 e. The zero-order chi connectivity index (χ0) is 21.7. The van der Waals surface area contributed by atoms with Crippen LogP contribution in [0.3, 0.4) is 0 Å². The lowest BCUT2D eigenvalue weighted by Crippen LogP contribution is -2.41. The van der Waals surface area contributed by atoms with Gasteiger partial charge in [-0.25, -0.2) is 4.39 Å². The van der Waals surface area contributed by atoms with E-state index >= 15 is 0 Å². The number of rotatable bonds is 7. The van der Waals surface area contributed by atoms with E-state index in [9.17, 15) is 9.18 Å². The first kappa shape index (κ1) is 22.4. The number of carbonyl (C=O) groups excluding carboxylic acids is 1. The third kappa shape index (κ3) is 5.24. The Labute approximate surface area is 182 Å². The number of nitrogens with zero attached hydrogens (tertiary/aromatic N) is 1. The standard InChI is InChI=1S/C23H28ClFN2O3/c1-15(18-13-17(29-2)7-8-22(18)30-3)26-23(28)16-9-11-27(12-10-16)14-19-20(24)5-4-6-21(19)25/h4-8,13,15-16H,9-12,14H2,1-3H3,(H,26,28)/t15-/m0/s1. The average Bonchev–Trinajstić information content (AvgIpc) is 2.76. The van der Waals surface area contributed by atoms with Crippen LogP contribution in [0.25, 0.3) is 0 Å².